The summed E-state index contributed by atoms with van der Waals surface area (Å²) in [6, 6.07) is 0.643. The first-order valence-corrected chi connectivity index (χ1v) is 8.02. The average molecular weight is 278 g/mol. The minimum Gasteiger partial charge on any atom is -0.339 e. The van der Waals surface area contributed by atoms with Crippen molar-refractivity contribution in [3.05, 3.63) is 11.7 Å². The Morgan fingerprint density at radius 1 is 1.10 bits per heavy atom. The summed E-state index contributed by atoms with van der Waals surface area (Å²) < 4.78 is 5.55. The van der Waals surface area contributed by atoms with E-state index in [0.29, 0.717) is 17.9 Å². The van der Waals surface area contributed by atoms with Crippen molar-refractivity contribution in [1.29, 1.82) is 0 Å². The topological polar surface area (TPSA) is 54.2 Å². The molecule has 2 saturated heterocycles. The van der Waals surface area contributed by atoms with Crippen molar-refractivity contribution in [2.24, 2.45) is 0 Å². The second-order valence-electron chi connectivity index (χ2n) is 6.42. The van der Waals surface area contributed by atoms with Crippen LogP contribution in [-0.2, 0) is 0 Å². The fourth-order valence-corrected chi connectivity index (χ4v) is 3.32. The minimum atomic E-state index is 0.466. The monoisotopic (exact) mass is 278 g/mol. The van der Waals surface area contributed by atoms with Gasteiger partial charge in [-0.3, -0.25) is 0 Å². The molecular weight excluding hydrogens is 252 g/mol. The van der Waals surface area contributed by atoms with Gasteiger partial charge >= 0.3 is 0 Å². The largest absolute Gasteiger partial charge is 0.339 e. The van der Waals surface area contributed by atoms with Crippen LogP contribution in [0.25, 0.3) is 0 Å². The van der Waals surface area contributed by atoms with Crippen molar-refractivity contribution in [2.75, 3.05) is 26.2 Å². The van der Waals surface area contributed by atoms with Gasteiger partial charge in [0.05, 0.1) is 0 Å². The van der Waals surface area contributed by atoms with Crippen molar-refractivity contribution in [3.63, 3.8) is 0 Å². The third kappa shape index (κ3) is 3.04. The quantitative estimate of drug-likeness (QED) is 0.918. The normalized spacial score (nSPS) is 23.6. The van der Waals surface area contributed by atoms with Crippen LogP contribution in [0.5, 0.6) is 0 Å². The summed E-state index contributed by atoms with van der Waals surface area (Å²) in [4.78, 5) is 7.23. The lowest BCUT2D eigenvalue weighted by atomic mass is 9.95. The van der Waals surface area contributed by atoms with E-state index in [-0.39, 0.29) is 0 Å². The highest BCUT2D eigenvalue weighted by Gasteiger charge is 2.28. The van der Waals surface area contributed by atoms with Crippen LogP contribution in [0.4, 0.5) is 0 Å². The van der Waals surface area contributed by atoms with E-state index in [1.807, 2.05) is 0 Å². The van der Waals surface area contributed by atoms with E-state index < -0.39 is 0 Å². The van der Waals surface area contributed by atoms with E-state index in [1.165, 1.54) is 0 Å². The number of likely N-dealkylation sites (tertiary alicyclic amines) is 1. The fourth-order valence-electron chi connectivity index (χ4n) is 3.32. The molecule has 0 saturated carbocycles. The van der Waals surface area contributed by atoms with Gasteiger partial charge in [-0.1, -0.05) is 5.16 Å². The molecule has 20 heavy (non-hydrogen) atoms. The lowest BCUT2D eigenvalue weighted by Gasteiger charge is -2.33. The van der Waals surface area contributed by atoms with Gasteiger partial charge in [-0.05, 0) is 65.7 Å². The molecule has 1 N–H and O–H groups in total. The van der Waals surface area contributed by atoms with E-state index >= 15 is 0 Å². The van der Waals surface area contributed by atoms with Crippen LogP contribution in [0.3, 0.4) is 0 Å². The Morgan fingerprint density at radius 2 is 1.80 bits per heavy atom. The van der Waals surface area contributed by atoms with E-state index in [0.717, 1.165) is 63.6 Å². The molecule has 1 aromatic rings. The van der Waals surface area contributed by atoms with E-state index in [4.69, 9.17) is 9.51 Å². The maximum atomic E-state index is 5.55. The molecule has 2 fully saturated rings. The molecular formula is C15H26N4O. The summed E-state index contributed by atoms with van der Waals surface area (Å²) in [6.45, 7) is 8.97. The molecule has 0 atom stereocenters. The first-order chi connectivity index (χ1) is 9.74. The predicted molar refractivity (Wildman–Crippen MR) is 77.8 cm³/mol. The Bertz CT molecular complexity index is 417. The zero-order valence-corrected chi connectivity index (χ0v) is 12.6. The molecule has 2 aliphatic rings. The van der Waals surface area contributed by atoms with Gasteiger partial charge in [-0.2, -0.15) is 4.98 Å². The van der Waals surface area contributed by atoms with Crippen LogP contribution >= 0.6 is 0 Å². The molecule has 112 valence electrons. The highest BCUT2D eigenvalue weighted by atomic mass is 16.5. The number of hydrogen-bond donors (Lipinski definition) is 1. The molecule has 2 aliphatic heterocycles. The smallest absolute Gasteiger partial charge is 0.229 e. The van der Waals surface area contributed by atoms with Crippen molar-refractivity contribution < 1.29 is 4.52 Å². The second kappa shape index (κ2) is 6.22. The van der Waals surface area contributed by atoms with E-state index in [9.17, 15) is 0 Å². The first-order valence-electron chi connectivity index (χ1n) is 8.02. The maximum absolute atomic E-state index is 5.55. The van der Waals surface area contributed by atoms with E-state index in [2.05, 4.69) is 29.2 Å². The summed E-state index contributed by atoms with van der Waals surface area (Å²) in [5.41, 5.74) is 0. The molecule has 1 aromatic heterocycles. The molecule has 5 heteroatoms. The van der Waals surface area contributed by atoms with Crippen molar-refractivity contribution >= 4 is 0 Å². The first kappa shape index (κ1) is 14.0. The lowest BCUT2D eigenvalue weighted by Crippen LogP contribution is -2.37. The van der Waals surface area contributed by atoms with Crippen LogP contribution in [0.2, 0.25) is 0 Å². The highest BCUT2D eigenvalue weighted by Crippen LogP contribution is 2.30. The van der Waals surface area contributed by atoms with E-state index in [1.54, 1.807) is 0 Å². The second-order valence-corrected chi connectivity index (χ2v) is 6.42. The zero-order valence-electron chi connectivity index (χ0n) is 12.6. The molecule has 0 amide bonds. The number of piperidine rings is 2. The summed E-state index contributed by atoms with van der Waals surface area (Å²) in [7, 11) is 0. The summed E-state index contributed by atoms with van der Waals surface area (Å²) >= 11 is 0. The third-order valence-corrected chi connectivity index (χ3v) is 4.77. The lowest BCUT2D eigenvalue weighted by molar-refractivity contribution is 0.159. The van der Waals surface area contributed by atoms with Crippen LogP contribution < -0.4 is 5.32 Å². The third-order valence-electron chi connectivity index (χ3n) is 4.77. The number of hydrogen-bond acceptors (Lipinski definition) is 5. The fraction of sp³-hybridized carbons (Fsp3) is 0.867. The Morgan fingerprint density at radius 3 is 2.45 bits per heavy atom. The van der Waals surface area contributed by atoms with Gasteiger partial charge < -0.3 is 14.7 Å². The van der Waals surface area contributed by atoms with Crippen molar-refractivity contribution in [2.45, 2.75) is 57.4 Å². The number of rotatable bonds is 3. The van der Waals surface area contributed by atoms with Crippen LogP contribution in [0.1, 0.15) is 63.1 Å². The average Bonchev–Trinajstić information content (AvgIpc) is 2.98. The Balaban J connectivity index is 1.60. The van der Waals surface area contributed by atoms with Crippen LogP contribution in [0.15, 0.2) is 4.52 Å². The molecule has 0 unspecified atom stereocenters. The predicted octanol–water partition coefficient (Wildman–Crippen LogP) is 2.12. The molecule has 0 bridgehead atoms. The number of nitrogens with one attached hydrogen (secondary N) is 1. The number of aromatic nitrogens is 2. The minimum absolute atomic E-state index is 0.466. The highest BCUT2D eigenvalue weighted by molar-refractivity contribution is 5.02. The van der Waals surface area contributed by atoms with Gasteiger partial charge in [-0.15, -0.1) is 0 Å². The molecule has 0 radical (unpaired) electrons. The van der Waals surface area contributed by atoms with Crippen LogP contribution in [-0.4, -0.2) is 47.3 Å². The number of nitrogens with zero attached hydrogens (tertiary/aromatic N) is 3. The van der Waals surface area contributed by atoms with Gasteiger partial charge in [0.1, 0.15) is 0 Å². The van der Waals surface area contributed by atoms with Crippen molar-refractivity contribution in [3.8, 4) is 0 Å². The Hall–Kier alpha value is -0.940. The zero-order chi connectivity index (χ0) is 13.9. The molecule has 3 heterocycles. The van der Waals surface area contributed by atoms with Crippen molar-refractivity contribution in [1.82, 2.24) is 20.4 Å². The molecule has 0 aromatic carbocycles. The molecule has 3 rings (SSSR count). The summed E-state index contributed by atoms with van der Waals surface area (Å²) in [6.07, 6.45) is 4.55. The van der Waals surface area contributed by atoms with Gasteiger partial charge in [-0.25, -0.2) is 0 Å². The summed E-state index contributed by atoms with van der Waals surface area (Å²) in [5, 5.41) is 7.62. The standard InChI is InChI=1S/C15H26N4O/c1-11(2)19-9-5-13(6-10-19)15-17-14(18-20-15)12-3-7-16-8-4-12/h11-13,16H,3-10H2,1-2H3. The molecule has 0 spiro atoms. The molecule has 0 aliphatic carbocycles. The Kier molecular flexibility index (Phi) is 4.36. The molecule has 5 nitrogen and oxygen atoms in total. The maximum Gasteiger partial charge on any atom is 0.229 e. The van der Waals surface area contributed by atoms with Gasteiger partial charge in [0.15, 0.2) is 5.82 Å². The van der Waals surface area contributed by atoms with Gasteiger partial charge in [0, 0.05) is 17.9 Å². The summed E-state index contributed by atoms with van der Waals surface area (Å²) in [5.74, 6) is 2.77. The van der Waals surface area contributed by atoms with Gasteiger partial charge in [0.25, 0.3) is 0 Å². The Labute approximate surface area is 121 Å². The van der Waals surface area contributed by atoms with Crippen LogP contribution in [0, 0.1) is 0 Å². The SMILES string of the molecule is CC(C)N1CCC(c2nc(C3CCNCC3)no2)CC1. The van der Waals surface area contributed by atoms with Gasteiger partial charge in [0.2, 0.25) is 5.89 Å².